The molecule has 1 fully saturated rings. The van der Waals surface area contributed by atoms with E-state index in [0.29, 0.717) is 31.5 Å². The molecule has 2 amide bonds. The number of nitrogens with one attached hydrogen (secondary N) is 1. The molecule has 2 aromatic rings. The molecule has 0 spiro atoms. The number of aryl methyl sites for hydroxylation is 1. The summed E-state index contributed by atoms with van der Waals surface area (Å²) in [7, 11) is 0. The third-order valence-electron chi connectivity index (χ3n) is 4.89. The second-order valence-corrected chi connectivity index (χ2v) is 6.98. The van der Waals surface area contributed by atoms with E-state index in [2.05, 4.69) is 5.32 Å². The fraction of sp³-hybridized carbons (Fsp3) is 0.333. The summed E-state index contributed by atoms with van der Waals surface area (Å²) in [6.45, 7) is 2.84. The van der Waals surface area contributed by atoms with Gasteiger partial charge in [-0.25, -0.2) is 0 Å². The average molecular weight is 390 g/mol. The number of halogens is 3. The fourth-order valence-corrected chi connectivity index (χ4v) is 3.18. The van der Waals surface area contributed by atoms with Crippen LogP contribution in [-0.2, 0) is 6.18 Å². The van der Waals surface area contributed by atoms with E-state index in [1.807, 2.05) is 19.1 Å². The van der Waals surface area contributed by atoms with Crippen LogP contribution in [0.5, 0.6) is 0 Å². The molecule has 0 bridgehead atoms. The van der Waals surface area contributed by atoms with Crippen molar-refractivity contribution in [2.45, 2.75) is 32.0 Å². The summed E-state index contributed by atoms with van der Waals surface area (Å²) in [5, 5.41) is 2.98. The first-order chi connectivity index (χ1) is 13.2. The third kappa shape index (κ3) is 4.71. The second kappa shape index (κ2) is 8.04. The number of rotatable bonds is 3. The molecule has 1 heterocycles. The standard InChI is InChI=1S/C21H21F3N2O2/c1-14-2-4-15(5-3-14)19(27)25-18-10-12-26(13-11-18)20(28)16-6-8-17(9-7-16)21(22,23)24/h2-9,18H,10-13H2,1H3,(H,25,27). The van der Waals surface area contributed by atoms with E-state index in [-0.39, 0.29) is 23.4 Å². The molecule has 28 heavy (non-hydrogen) atoms. The molecule has 1 N–H and O–H groups in total. The van der Waals surface area contributed by atoms with Crippen molar-refractivity contribution in [1.82, 2.24) is 10.2 Å². The van der Waals surface area contributed by atoms with E-state index < -0.39 is 11.7 Å². The van der Waals surface area contributed by atoms with Crippen LogP contribution >= 0.6 is 0 Å². The molecule has 2 aromatic carbocycles. The number of carbonyl (C=O) groups excluding carboxylic acids is 2. The van der Waals surface area contributed by atoms with Crippen molar-refractivity contribution in [1.29, 1.82) is 0 Å². The first kappa shape index (κ1) is 19.9. The summed E-state index contributed by atoms with van der Waals surface area (Å²) in [4.78, 5) is 26.4. The number of nitrogens with zero attached hydrogens (tertiary/aromatic N) is 1. The maximum Gasteiger partial charge on any atom is 0.416 e. The number of carbonyl (C=O) groups is 2. The van der Waals surface area contributed by atoms with Gasteiger partial charge < -0.3 is 10.2 Å². The minimum Gasteiger partial charge on any atom is -0.349 e. The van der Waals surface area contributed by atoms with Crippen molar-refractivity contribution in [2.24, 2.45) is 0 Å². The Morgan fingerprint density at radius 1 is 0.929 bits per heavy atom. The Kier molecular flexibility index (Phi) is 5.72. The molecule has 1 saturated heterocycles. The summed E-state index contributed by atoms with van der Waals surface area (Å²) in [5.74, 6) is -0.440. The van der Waals surface area contributed by atoms with Gasteiger partial charge >= 0.3 is 6.18 Å². The molecular weight excluding hydrogens is 369 g/mol. The van der Waals surface area contributed by atoms with Crippen LogP contribution in [0.1, 0.15) is 44.7 Å². The van der Waals surface area contributed by atoms with Crippen molar-refractivity contribution >= 4 is 11.8 Å². The zero-order valence-electron chi connectivity index (χ0n) is 15.4. The quantitative estimate of drug-likeness (QED) is 0.860. The molecule has 0 radical (unpaired) electrons. The van der Waals surface area contributed by atoms with Crippen LogP contribution in [-0.4, -0.2) is 35.8 Å². The Balaban J connectivity index is 1.54. The van der Waals surface area contributed by atoms with Crippen LogP contribution in [0, 0.1) is 6.92 Å². The summed E-state index contributed by atoms with van der Waals surface area (Å²) in [6, 6.07) is 11.5. The molecule has 0 atom stereocenters. The Hall–Kier alpha value is -2.83. The van der Waals surface area contributed by atoms with Gasteiger partial charge in [0.2, 0.25) is 0 Å². The van der Waals surface area contributed by atoms with Gasteiger partial charge in [-0.2, -0.15) is 13.2 Å². The molecule has 0 aliphatic carbocycles. The Morgan fingerprint density at radius 2 is 1.46 bits per heavy atom. The number of alkyl halides is 3. The molecule has 3 rings (SSSR count). The molecule has 148 valence electrons. The van der Waals surface area contributed by atoms with Crippen LogP contribution < -0.4 is 5.32 Å². The van der Waals surface area contributed by atoms with Gasteiger partial charge in [0.05, 0.1) is 5.56 Å². The maximum atomic E-state index is 12.6. The number of likely N-dealkylation sites (tertiary alicyclic amines) is 1. The van der Waals surface area contributed by atoms with Gasteiger partial charge in [-0.15, -0.1) is 0 Å². The Morgan fingerprint density at radius 3 is 2.00 bits per heavy atom. The van der Waals surface area contributed by atoms with Crippen LogP contribution in [0.4, 0.5) is 13.2 Å². The lowest BCUT2D eigenvalue weighted by Gasteiger charge is -2.32. The molecule has 1 aliphatic heterocycles. The van der Waals surface area contributed by atoms with E-state index >= 15 is 0 Å². The summed E-state index contributed by atoms with van der Waals surface area (Å²) >= 11 is 0. The second-order valence-electron chi connectivity index (χ2n) is 6.98. The van der Waals surface area contributed by atoms with Gasteiger partial charge in [-0.3, -0.25) is 9.59 Å². The van der Waals surface area contributed by atoms with E-state index in [1.165, 1.54) is 12.1 Å². The van der Waals surface area contributed by atoms with Gasteiger partial charge in [-0.1, -0.05) is 17.7 Å². The lowest BCUT2D eigenvalue weighted by molar-refractivity contribution is -0.137. The van der Waals surface area contributed by atoms with Gasteiger partial charge in [0, 0.05) is 30.3 Å². The fourth-order valence-electron chi connectivity index (χ4n) is 3.18. The number of hydrogen-bond acceptors (Lipinski definition) is 2. The minimum absolute atomic E-state index is 0.0366. The Labute approximate surface area is 161 Å². The molecular formula is C21H21F3N2O2. The van der Waals surface area contributed by atoms with Gasteiger partial charge in [0.25, 0.3) is 11.8 Å². The van der Waals surface area contributed by atoms with E-state index in [0.717, 1.165) is 17.7 Å². The SMILES string of the molecule is Cc1ccc(C(=O)NC2CCN(C(=O)c3ccc(C(F)(F)F)cc3)CC2)cc1. The highest BCUT2D eigenvalue weighted by Gasteiger charge is 2.31. The van der Waals surface area contributed by atoms with Crippen molar-refractivity contribution in [3.8, 4) is 0 Å². The van der Waals surface area contributed by atoms with E-state index in [4.69, 9.17) is 0 Å². The number of amides is 2. The summed E-state index contributed by atoms with van der Waals surface area (Å²) in [5.41, 5.74) is 1.12. The van der Waals surface area contributed by atoms with Gasteiger partial charge in [-0.05, 0) is 56.2 Å². The predicted molar refractivity (Wildman–Crippen MR) is 99.0 cm³/mol. The van der Waals surface area contributed by atoms with Crippen molar-refractivity contribution in [3.63, 3.8) is 0 Å². The first-order valence-corrected chi connectivity index (χ1v) is 9.08. The van der Waals surface area contributed by atoms with Crippen LogP contribution in [0.15, 0.2) is 48.5 Å². The molecule has 0 saturated carbocycles. The smallest absolute Gasteiger partial charge is 0.349 e. The van der Waals surface area contributed by atoms with Crippen LogP contribution in [0.2, 0.25) is 0 Å². The average Bonchev–Trinajstić information content (AvgIpc) is 2.68. The molecule has 4 nitrogen and oxygen atoms in total. The highest BCUT2D eigenvalue weighted by Crippen LogP contribution is 2.29. The zero-order chi connectivity index (χ0) is 20.3. The predicted octanol–water partition coefficient (Wildman–Crippen LogP) is 4.05. The lowest BCUT2D eigenvalue weighted by Crippen LogP contribution is -2.46. The summed E-state index contributed by atoms with van der Waals surface area (Å²) in [6.07, 6.45) is -3.22. The van der Waals surface area contributed by atoms with E-state index in [9.17, 15) is 22.8 Å². The summed E-state index contributed by atoms with van der Waals surface area (Å²) < 4.78 is 37.9. The van der Waals surface area contributed by atoms with Crippen LogP contribution in [0.3, 0.4) is 0 Å². The Bertz CT molecular complexity index is 837. The molecule has 0 unspecified atom stereocenters. The van der Waals surface area contributed by atoms with Crippen molar-refractivity contribution < 1.29 is 22.8 Å². The first-order valence-electron chi connectivity index (χ1n) is 9.08. The largest absolute Gasteiger partial charge is 0.416 e. The maximum absolute atomic E-state index is 12.6. The number of hydrogen-bond donors (Lipinski definition) is 1. The number of piperidine rings is 1. The van der Waals surface area contributed by atoms with Crippen LogP contribution in [0.25, 0.3) is 0 Å². The third-order valence-corrected chi connectivity index (χ3v) is 4.89. The topological polar surface area (TPSA) is 49.4 Å². The van der Waals surface area contributed by atoms with Gasteiger partial charge in [0.1, 0.15) is 0 Å². The normalized spacial score (nSPS) is 15.4. The monoisotopic (exact) mass is 390 g/mol. The van der Waals surface area contributed by atoms with Crippen molar-refractivity contribution in [2.75, 3.05) is 13.1 Å². The molecule has 1 aliphatic rings. The number of benzene rings is 2. The highest BCUT2D eigenvalue weighted by atomic mass is 19.4. The zero-order valence-corrected chi connectivity index (χ0v) is 15.4. The minimum atomic E-state index is -4.42. The molecule has 0 aromatic heterocycles. The highest BCUT2D eigenvalue weighted by molar-refractivity contribution is 5.95. The van der Waals surface area contributed by atoms with Crippen molar-refractivity contribution in [3.05, 3.63) is 70.8 Å². The lowest BCUT2D eigenvalue weighted by atomic mass is 10.0. The van der Waals surface area contributed by atoms with Gasteiger partial charge in [0.15, 0.2) is 0 Å². The van der Waals surface area contributed by atoms with E-state index in [1.54, 1.807) is 17.0 Å². The molecule has 7 heteroatoms.